The van der Waals surface area contributed by atoms with Gasteiger partial charge in [0.05, 0.1) is 40.5 Å². The van der Waals surface area contributed by atoms with Crippen molar-refractivity contribution in [3.05, 3.63) is 80.6 Å². The van der Waals surface area contributed by atoms with Gasteiger partial charge < -0.3 is 9.47 Å². The Hall–Kier alpha value is -2.96. The van der Waals surface area contributed by atoms with Gasteiger partial charge in [0, 0.05) is 6.42 Å². The Morgan fingerprint density at radius 1 is 0.941 bits per heavy atom. The summed E-state index contributed by atoms with van der Waals surface area (Å²) in [5.74, 6) is -0.482. The molecule has 0 aliphatic rings. The van der Waals surface area contributed by atoms with Crippen molar-refractivity contribution in [1.29, 1.82) is 0 Å². The summed E-state index contributed by atoms with van der Waals surface area (Å²) in [5, 5.41) is 0.824. The Bertz CT molecular complexity index is 1200. The molecule has 0 atom stereocenters. The van der Waals surface area contributed by atoms with Crippen molar-refractivity contribution in [3.8, 4) is 11.4 Å². The average molecular weight is 501 g/mol. The Labute approximate surface area is 209 Å². The number of ether oxygens (including phenoxy) is 2. The fourth-order valence-corrected chi connectivity index (χ4v) is 4.03. The van der Waals surface area contributed by atoms with Gasteiger partial charge in [0.15, 0.2) is 5.82 Å². The molecule has 8 heteroatoms. The minimum atomic E-state index is -0.533. The molecule has 2 aromatic carbocycles. The lowest BCUT2D eigenvalue weighted by Gasteiger charge is -2.19. The molecule has 0 radical (unpaired) electrons. The van der Waals surface area contributed by atoms with Crippen LogP contribution >= 0.6 is 23.2 Å². The standard InChI is InChI=1S/C26H26Cl2N2O4/c1-15-22(25(32)33-5)20(30-24(29-15)23-18(27)7-6-8-19(23)28)13-16-9-11-17(12-10-16)14-21(31)34-26(2,3)4/h6-12H,13-14H2,1-5H3. The summed E-state index contributed by atoms with van der Waals surface area (Å²) < 4.78 is 10.3. The maximum atomic E-state index is 12.5. The molecule has 0 unspecified atom stereocenters. The molecule has 1 aromatic heterocycles. The zero-order chi connectivity index (χ0) is 25.0. The van der Waals surface area contributed by atoms with Crippen LogP contribution in [0.5, 0.6) is 0 Å². The third kappa shape index (κ3) is 6.33. The maximum Gasteiger partial charge on any atom is 0.341 e. The highest BCUT2D eigenvalue weighted by atomic mass is 35.5. The number of methoxy groups -OCH3 is 1. The second kappa shape index (κ2) is 10.5. The minimum absolute atomic E-state index is 0.173. The second-order valence-electron chi connectivity index (χ2n) is 8.80. The Morgan fingerprint density at radius 2 is 1.53 bits per heavy atom. The Kier molecular flexibility index (Phi) is 7.95. The van der Waals surface area contributed by atoms with Crippen LogP contribution in [0.1, 0.15) is 53.6 Å². The van der Waals surface area contributed by atoms with Crippen LogP contribution in [0.15, 0.2) is 42.5 Å². The number of carbonyl (C=O) groups is 2. The van der Waals surface area contributed by atoms with Crippen LogP contribution in [-0.4, -0.2) is 34.6 Å². The van der Waals surface area contributed by atoms with Crippen LogP contribution in [0.3, 0.4) is 0 Å². The molecule has 3 aromatic rings. The first-order valence-electron chi connectivity index (χ1n) is 10.7. The van der Waals surface area contributed by atoms with Crippen LogP contribution in [0, 0.1) is 6.92 Å². The van der Waals surface area contributed by atoms with Gasteiger partial charge in [-0.2, -0.15) is 0 Å². The largest absolute Gasteiger partial charge is 0.465 e. The van der Waals surface area contributed by atoms with E-state index >= 15 is 0 Å². The fourth-order valence-electron chi connectivity index (χ4n) is 3.46. The molecule has 0 saturated heterocycles. The van der Waals surface area contributed by atoms with Gasteiger partial charge in [-0.15, -0.1) is 0 Å². The van der Waals surface area contributed by atoms with Crippen molar-refractivity contribution in [3.63, 3.8) is 0 Å². The number of halogens is 2. The van der Waals surface area contributed by atoms with E-state index in [4.69, 9.17) is 32.7 Å². The summed E-state index contributed by atoms with van der Waals surface area (Å²) in [7, 11) is 1.32. The second-order valence-corrected chi connectivity index (χ2v) is 9.61. The van der Waals surface area contributed by atoms with E-state index in [1.807, 2.05) is 45.0 Å². The van der Waals surface area contributed by atoms with Gasteiger partial charge in [-0.25, -0.2) is 14.8 Å². The normalized spacial score (nSPS) is 11.3. The molecular formula is C26H26Cl2N2O4. The lowest BCUT2D eigenvalue weighted by atomic mass is 10.0. The summed E-state index contributed by atoms with van der Waals surface area (Å²) in [5.41, 5.74) is 2.94. The first-order chi connectivity index (χ1) is 16.0. The molecule has 1 heterocycles. The molecule has 178 valence electrons. The molecule has 0 aliphatic heterocycles. The summed E-state index contributed by atoms with van der Waals surface area (Å²) >= 11 is 12.7. The minimum Gasteiger partial charge on any atom is -0.465 e. The predicted octanol–water partition coefficient (Wildman–Crippen LogP) is 6.02. The smallest absolute Gasteiger partial charge is 0.341 e. The van der Waals surface area contributed by atoms with Crippen molar-refractivity contribution < 1.29 is 19.1 Å². The average Bonchev–Trinajstić information content (AvgIpc) is 2.73. The summed E-state index contributed by atoms with van der Waals surface area (Å²) in [6.45, 7) is 7.22. The molecule has 0 N–H and O–H groups in total. The Balaban J connectivity index is 1.94. The van der Waals surface area contributed by atoms with E-state index in [0.29, 0.717) is 44.8 Å². The number of aromatic nitrogens is 2. The van der Waals surface area contributed by atoms with Gasteiger partial charge in [-0.1, -0.05) is 53.5 Å². The zero-order valence-electron chi connectivity index (χ0n) is 19.7. The molecule has 3 rings (SSSR count). The molecule has 0 spiro atoms. The van der Waals surface area contributed by atoms with Crippen LogP contribution < -0.4 is 0 Å². The van der Waals surface area contributed by atoms with Gasteiger partial charge in [-0.3, -0.25) is 4.79 Å². The molecular weight excluding hydrogens is 475 g/mol. The fraction of sp³-hybridized carbons (Fsp3) is 0.308. The van der Waals surface area contributed by atoms with Gasteiger partial charge in [0.2, 0.25) is 0 Å². The predicted molar refractivity (Wildman–Crippen MR) is 132 cm³/mol. The molecule has 0 amide bonds. The van der Waals surface area contributed by atoms with Crippen molar-refractivity contribution in [2.24, 2.45) is 0 Å². The van der Waals surface area contributed by atoms with E-state index in [9.17, 15) is 9.59 Å². The number of benzene rings is 2. The molecule has 6 nitrogen and oxygen atoms in total. The van der Waals surface area contributed by atoms with E-state index in [1.54, 1.807) is 25.1 Å². The van der Waals surface area contributed by atoms with Crippen LogP contribution in [0.25, 0.3) is 11.4 Å². The molecule has 0 saturated carbocycles. The van der Waals surface area contributed by atoms with E-state index in [2.05, 4.69) is 9.97 Å². The number of aryl methyl sites for hydroxylation is 1. The molecule has 34 heavy (non-hydrogen) atoms. The van der Waals surface area contributed by atoms with Gasteiger partial charge in [-0.05, 0) is 51.0 Å². The lowest BCUT2D eigenvalue weighted by molar-refractivity contribution is -0.153. The van der Waals surface area contributed by atoms with Gasteiger partial charge in [0.25, 0.3) is 0 Å². The SMILES string of the molecule is COC(=O)c1c(C)nc(-c2c(Cl)cccc2Cl)nc1Cc1ccc(CC(=O)OC(C)(C)C)cc1. The van der Waals surface area contributed by atoms with E-state index in [1.165, 1.54) is 7.11 Å². The van der Waals surface area contributed by atoms with Crippen LogP contribution in [0.2, 0.25) is 10.0 Å². The van der Waals surface area contributed by atoms with Gasteiger partial charge >= 0.3 is 11.9 Å². The first-order valence-corrected chi connectivity index (χ1v) is 11.4. The van der Waals surface area contributed by atoms with Crippen molar-refractivity contribution in [2.45, 2.75) is 46.1 Å². The number of rotatable bonds is 6. The molecule has 0 fully saturated rings. The lowest BCUT2D eigenvalue weighted by Crippen LogP contribution is -2.24. The maximum absolute atomic E-state index is 12.5. The number of hydrogen-bond acceptors (Lipinski definition) is 6. The summed E-state index contributed by atoms with van der Waals surface area (Å²) in [6, 6.07) is 12.6. The number of nitrogens with zero attached hydrogens (tertiary/aromatic N) is 2. The number of esters is 2. The highest BCUT2D eigenvalue weighted by molar-refractivity contribution is 6.39. The number of hydrogen-bond donors (Lipinski definition) is 0. The van der Waals surface area contributed by atoms with E-state index < -0.39 is 11.6 Å². The van der Waals surface area contributed by atoms with Gasteiger partial charge in [0.1, 0.15) is 11.2 Å². The third-order valence-corrected chi connectivity index (χ3v) is 5.53. The molecule has 0 bridgehead atoms. The monoisotopic (exact) mass is 500 g/mol. The molecule has 0 aliphatic carbocycles. The highest BCUT2D eigenvalue weighted by Crippen LogP contribution is 2.33. The van der Waals surface area contributed by atoms with Crippen molar-refractivity contribution in [1.82, 2.24) is 9.97 Å². The topological polar surface area (TPSA) is 78.4 Å². The summed E-state index contributed by atoms with van der Waals surface area (Å²) in [6.07, 6.45) is 0.516. The van der Waals surface area contributed by atoms with E-state index in [-0.39, 0.29) is 12.4 Å². The number of carbonyl (C=O) groups excluding carboxylic acids is 2. The van der Waals surface area contributed by atoms with Crippen LogP contribution in [-0.2, 0) is 27.1 Å². The quantitative estimate of drug-likeness (QED) is 0.385. The summed E-state index contributed by atoms with van der Waals surface area (Å²) in [4.78, 5) is 33.7. The highest BCUT2D eigenvalue weighted by Gasteiger charge is 2.22. The van der Waals surface area contributed by atoms with Crippen LogP contribution in [0.4, 0.5) is 0 Å². The van der Waals surface area contributed by atoms with E-state index in [0.717, 1.165) is 11.1 Å². The first kappa shape index (κ1) is 25.7. The zero-order valence-corrected chi connectivity index (χ0v) is 21.3. The van der Waals surface area contributed by atoms with Crippen molar-refractivity contribution >= 4 is 35.1 Å². The Morgan fingerprint density at radius 3 is 2.09 bits per heavy atom. The third-order valence-electron chi connectivity index (χ3n) is 4.90. The van der Waals surface area contributed by atoms with Crippen molar-refractivity contribution in [2.75, 3.05) is 7.11 Å².